The molecule has 3 saturated carbocycles. The van der Waals surface area contributed by atoms with E-state index in [-0.39, 0.29) is 6.10 Å². The van der Waals surface area contributed by atoms with Crippen molar-refractivity contribution in [2.75, 3.05) is 278 Å². The quantitative estimate of drug-likeness (QED) is 0.0784. The lowest BCUT2D eigenvalue weighted by Gasteiger charge is -2.45. The minimum absolute atomic E-state index is 0.0683. The van der Waals surface area contributed by atoms with Crippen LogP contribution < -0.4 is 16.0 Å². The van der Waals surface area contributed by atoms with E-state index in [0.29, 0.717) is 22.9 Å². The molecule has 16 aliphatic rings. The Kier molecular flexibility index (Phi) is 70.2. The normalized spacial score (nSPS) is 24.2. The summed E-state index contributed by atoms with van der Waals surface area (Å²) in [5.74, 6) is 1.81. The molecule has 23 heteroatoms. The van der Waals surface area contributed by atoms with Crippen molar-refractivity contribution < 1.29 is 10.2 Å². The third-order valence-corrected chi connectivity index (χ3v) is 27.0. The van der Waals surface area contributed by atoms with Crippen molar-refractivity contribution >= 4 is 0 Å². The first-order valence-electron chi connectivity index (χ1n) is 51.3. The molecule has 0 aromatic heterocycles. The standard InChI is InChI=1S/C9H17N.C9H16.5C7H14N2.2C7H13NO.3C7H13N.C6H12N2.C6H11N.2C5H9N/c1-4-10-7-5-9(2,3)6-8-10;6*1-3-9-6-4-8(2)5-7-9;1-3-8-6-4-7(2,9)5-6;1-2-8-5-3-7(9)4-6-8;1-4-8-5-7(2,3)6-8;2*1-2-8-6-4-3-5-7-8;1-3-7-6-4-8(2)5-6;1-2-7-5-3-4-6-7;1-2-6-4-3-5-6;1-2-6-5-3-4-5/h4H,1,5-8H2,2-3H3;3,8-9H,1,4-7H2,2H3;5*3H,1,4-7H2,2H3;3,6,8-9H,1,4-5H2,2H3;2,7,9H,1,3-6H2;4H,1,5-6H2,2-3H3;2*2H,1,3-7H2;3,6-7H,1,4-5H2,2H3;2H,1,3-6H2;2H,1,3-5H2;2,5-6H,1,3-4H2. The summed E-state index contributed by atoms with van der Waals surface area (Å²) in [6.45, 7) is 114. The lowest BCUT2D eigenvalue weighted by atomic mass is 9.77. The average molecular weight is 1860 g/mol. The molecule has 16 rings (SSSR count). The third-order valence-electron chi connectivity index (χ3n) is 27.0. The van der Waals surface area contributed by atoms with Crippen molar-refractivity contribution in [2.45, 2.75) is 206 Å². The number of piperazine rings is 5. The maximum Gasteiger partial charge on any atom is 0.0658 e. The molecular formula is C110H209N21O2. The SMILES string of the molecule is C=CC1CCC(C)CC1.C=CN1CC(C)(C)C1.C=CN1CCC(C)(C)CC1.C=CN1CCC(O)CC1.C=CN1CCC1.C=CN1CCCC1.C=CN1CCCCC1.C=CN1CCCCC1.C=CN1CCN(C)CC1.C=CN1CCN(C)CC1.C=CN1CCN(C)CC1.C=CN1CCN(C)CC1.C=CN1CCN(C)CC1.C=CNC1CC(C)(O)C1.C=CNC1CC1.C=CNC1CN(C)C1. The van der Waals surface area contributed by atoms with Gasteiger partial charge in [-0.05, 0) is 287 Å². The first kappa shape index (κ1) is 124. The highest BCUT2D eigenvalue weighted by molar-refractivity contribution is 4.97. The predicted molar refractivity (Wildman–Crippen MR) is 582 cm³/mol. The molecule has 3 aliphatic carbocycles. The molecule has 133 heavy (non-hydrogen) atoms. The molecular weight excluding hydrogens is 1650 g/mol. The Labute approximate surface area is 820 Å². The molecule has 16 fully saturated rings. The fraction of sp³-hybridized carbons (Fsp3) is 0.709. The number of hydrogen-bond donors (Lipinski definition) is 5. The van der Waals surface area contributed by atoms with Crippen LogP contribution in [-0.4, -0.2) is 406 Å². The van der Waals surface area contributed by atoms with Gasteiger partial charge in [0.2, 0.25) is 0 Å². The molecule has 0 spiro atoms. The van der Waals surface area contributed by atoms with Crippen molar-refractivity contribution in [1.29, 1.82) is 0 Å². The van der Waals surface area contributed by atoms with Crippen molar-refractivity contribution in [3.8, 4) is 0 Å². The van der Waals surface area contributed by atoms with Crippen LogP contribution in [0.15, 0.2) is 204 Å². The lowest BCUT2D eigenvalue weighted by Crippen LogP contribution is -2.54. The summed E-state index contributed by atoms with van der Waals surface area (Å²) in [5.41, 5.74) is 0.703. The van der Waals surface area contributed by atoms with Crippen LogP contribution in [0, 0.1) is 22.7 Å². The van der Waals surface area contributed by atoms with E-state index in [1.54, 1.807) is 18.6 Å². The van der Waals surface area contributed by atoms with E-state index in [4.69, 9.17) is 5.11 Å². The fourth-order valence-corrected chi connectivity index (χ4v) is 16.4. The van der Waals surface area contributed by atoms with Crippen LogP contribution >= 0.6 is 0 Å². The van der Waals surface area contributed by atoms with E-state index in [1.807, 2.05) is 81.3 Å². The Morgan fingerprint density at radius 2 is 0.504 bits per heavy atom. The Hall–Kier alpha value is -7.48. The van der Waals surface area contributed by atoms with Gasteiger partial charge in [-0.3, -0.25) is 0 Å². The molecule has 766 valence electrons. The van der Waals surface area contributed by atoms with Gasteiger partial charge >= 0.3 is 0 Å². The number of piperidine rings is 4. The molecule has 0 radical (unpaired) electrons. The van der Waals surface area contributed by atoms with E-state index < -0.39 is 5.60 Å². The van der Waals surface area contributed by atoms with Crippen LogP contribution in [-0.2, 0) is 0 Å². The third kappa shape index (κ3) is 65.0. The zero-order valence-electron chi connectivity index (χ0n) is 88.3. The minimum atomic E-state index is -0.416. The Morgan fingerprint density at radius 3 is 0.714 bits per heavy atom. The summed E-state index contributed by atoms with van der Waals surface area (Å²) in [5, 5.41) is 27.6. The number of allylic oxidation sites excluding steroid dienone is 1. The highest BCUT2D eigenvalue weighted by Crippen LogP contribution is 2.32. The zero-order chi connectivity index (χ0) is 99.1. The van der Waals surface area contributed by atoms with E-state index in [1.165, 1.54) is 253 Å². The molecule has 13 saturated heterocycles. The summed E-state index contributed by atoms with van der Waals surface area (Å²) in [6.07, 6.45) is 56.9. The van der Waals surface area contributed by atoms with Gasteiger partial charge in [-0.1, -0.05) is 152 Å². The largest absolute Gasteiger partial charge is 0.393 e. The topological polar surface area (TPSA) is 135 Å². The monoisotopic (exact) mass is 1860 g/mol. The second kappa shape index (κ2) is 75.6. The lowest BCUT2D eigenvalue weighted by molar-refractivity contribution is -0.0354. The van der Waals surface area contributed by atoms with Gasteiger partial charge in [0.05, 0.1) is 17.7 Å². The summed E-state index contributed by atoms with van der Waals surface area (Å²) in [7, 11) is 12.9. The molecule has 5 N–H and O–H groups in total. The number of likely N-dealkylation sites (tertiary alicyclic amines) is 8. The van der Waals surface area contributed by atoms with Gasteiger partial charge in [0, 0.05) is 248 Å². The van der Waals surface area contributed by atoms with Crippen molar-refractivity contribution in [3.05, 3.63) is 204 Å². The van der Waals surface area contributed by atoms with E-state index in [9.17, 15) is 5.11 Å². The molecule has 13 heterocycles. The maximum absolute atomic E-state index is 9.24. The molecule has 23 nitrogen and oxygen atoms in total. The van der Waals surface area contributed by atoms with Crippen molar-refractivity contribution in [3.63, 3.8) is 0 Å². The van der Waals surface area contributed by atoms with E-state index in [2.05, 4.69) is 292 Å². The number of aliphatic hydroxyl groups is 2. The summed E-state index contributed by atoms with van der Waals surface area (Å²) >= 11 is 0. The van der Waals surface area contributed by atoms with Gasteiger partial charge in [0.1, 0.15) is 0 Å². The van der Waals surface area contributed by atoms with Crippen LogP contribution in [0.1, 0.15) is 176 Å². The molecule has 0 bridgehead atoms. The minimum Gasteiger partial charge on any atom is -0.393 e. The molecule has 0 unspecified atom stereocenters. The first-order valence-corrected chi connectivity index (χ1v) is 51.3. The second-order valence-corrected chi connectivity index (χ2v) is 40.4. The smallest absolute Gasteiger partial charge is 0.0658 e. The number of nitrogens with zero attached hydrogens (tertiary/aromatic N) is 18. The Morgan fingerprint density at radius 1 is 0.256 bits per heavy atom. The van der Waals surface area contributed by atoms with Gasteiger partial charge in [-0.2, -0.15) is 0 Å². The maximum atomic E-state index is 9.24. The molecule has 0 amide bonds. The fourth-order valence-electron chi connectivity index (χ4n) is 16.4. The number of likely N-dealkylation sites (N-methyl/N-ethyl adjacent to an activating group) is 6. The highest BCUT2D eigenvalue weighted by atomic mass is 16.3. The van der Waals surface area contributed by atoms with Crippen LogP contribution in [0.4, 0.5) is 0 Å². The van der Waals surface area contributed by atoms with Gasteiger partial charge in [-0.25, -0.2) is 0 Å². The number of aliphatic hydroxyl groups excluding tert-OH is 1. The van der Waals surface area contributed by atoms with Crippen LogP contribution in [0.5, 0.6) is 0 Å². The Balaban J connectivity index is 0.000000710. The van der Waals surface area contributed by atoms with E-state index >= 15 is 0 Å². The van der Waals surface area contributed by atoms with Gasteiger partial charge < -0.3 is 114 Å². The van der Waals surface area contributed by atoms with Gasteiger partial charge in [0.25, 0.3) is 0 Å². The summed E-state index contributed by atoms with van der Waals surface area (Å²) in [6, 6.07) is 1.90. The molecule has 0 aromatic carbocycles. The number of hydrogen-bond acceptors (Lipinski definition) is 23. The highest BCUT2D eigenvalue weighted by Gasteiger charge is 2.37. The van der Waals surface area contributed by atoms with Gasteiger partial charge in [-0.15, -0.1) is 6.58 Å². The summed E-state index contributed by atoms with van der Waals surface area (Å²) in [4.78, 5) is 40.8. The average Bonchev–Trinajstić information content (AvgIpc) is 1.43. The van der Waals surface area contributed by atoms with E-state index in [0.717, 1.165) is 135 Å². The van der Waals surface area contributed by atoms with Crippen LogP contribution in [0.2, 0.25) is 0 Å². The molecule has 0 atom stereocenters. The Bertz CT molecular complexity index is 2680. The summed E-state index contributed by atoms with van der Waals surface area (Å²) < 4.78 is 0. The van der Waals surface area contributed by atoms with Crippen LogP contribution in [0.3, 0.4) is 0 Å². The van der Waals surface area contributed by atoms with Crippen molar-refractivity contribution in [1.82, 2.24) is 104 Å². The zero-order valence-corrected chi connectivity index (χ0v) is 88.3. The molecule has 0 aromatic rings. The number of nitrogens with one attached hydrogen (secondary N) is 3. The second-order valence-electron chi connectivity index (χ2n) is 40.4. The predicted octanol–water partition coefficient (Wildman–Crippen LogP) is 16.0. The molecule has 13 aliphatic heterocycles. The van der Waals surface area contributed by atoms with Gasteiger partial charge in [0.15, 0.2) is 0 Å². The van der Waals surface area contributed by atoms with Crippen LogP contribution in [0.25, 0.3) is 0 Å². The first-order chi connectivity index (χ1) is 63.7. The number of rotatable bonds is 19. The van der Waals surface area contributed by atoms with Crippen molar-refractivity contribution in [2.24, 2.45) is 22.7 Å².